The first-order valence-corrected chi connectivity index (χ1v) is 5.45. The average molecular weight is 334 g/mol. The molecule has 1 aromatic rings. The highest BCUT2D eigenvalue weighted by atomic mass is 79.9. The molecule has 0 radical (unpaired) electrons. The van der Waals surface area contributed by atoms with E-state index in [1.165, 1.54) is 0 Å². The molecule has 18 heavy (non-hydrogen) atoms. The van der Waals surface area contributed by atoms with Gasteiger partial charge in [0, 0.05) is 11.6 Å². The van der Waals surface area contributed by atoms with E-state index in [0.29, 0.717) is 0 Å². The number of methoxy groups -OCH3 is 1. The third-order valence-corrected chi connectivity index (χ3v) is 2.92. The molecular weight excluding hydrogens is 325 g/mol. The summed E-state index contributed by atoms with van der Waals surface area (Å²) in [7, 11) is 1.10. The van der Waals surface area contributed by atoms with Crippen molar-refractivity contribution in [1.29, 1.82) is 0 Å². The fourth-order valence-corrected chi connectivity index (χ4v) is 1.67. The van der Waals surface area contributed by atoms with E-state index >= 15 is 0 Å². The minimum atomic E-state index is -4.44. The van der Waals surface area contributed by atoms with Gasteiger partial charge in [-0.2, -0.15) is 8.78 Å². The van der Waals surface area contributed by atoms with Crippen LogP contribution in [0, 0.1) is 5.82 Å². The van der Waals surface area contributed by atoms with E-state index in [9.17, 15) is 22.0 Å². The van der Waals surface area contributed by atoms with Gasteiger partial charge in [-0.25, -0.2) is 13.2 Å². The van der Waals surface area contributed by atoms with Crippen molar-refractivity contribution in [2.45, 2.75) is 18.4 Å². The summed E-state index contributed by atoms with van der Waals surface area (Å²) < 4.78 is 68.3. The van der Waals surface area contributed by atoms with Gasteiger partial charge in [-0.15, -0.1) is 0 Å². The average Bonchev–Trinajstić information content (AvgIpc) is 2.30. The predicted octanol–water partition coefficient (Wildman–Crippen LogP) is 3.50. The highest BCUT2D eigenvalue weighted by Crippen LogP contribution is 2.40. The molecule has 0 aliphatic rings. The molecule has 2 N–H and O–H groups in total. The second-order valence-corrected chi connectivity index (χ2v) is 4.32. The van der Waals surface area contributed by atoms with E-state index in [4.69, 9.17) is 5.73 Å². The number of ether oxygens (including phenoxy) is 1. The summed E-state index contributed by atoms with van der Waals surface area (Å²) in [5.74, 6) is -5.53. The highest BCUT2D eigenvalue weighted by molar-refractivity contribution is 9.10. The normalized spacial score (nSPS) is 13.8. The zero-order valence-corrected chi connectivity index (χ0v) is 10.6. The van der Waals surface area contributed by atoms with Gasteiger partial charge >= 0.3 is 12.3 Å². The molecule has 0 spiro atoms. The summed E-state index contributed by atoms with van der Waals surface area (Å²) in [6.45, 7) is 0. The van der Waals surface area contributed by atoms with Crippen LogP contribution in [0.1, 0.15) is 11.6 Å². The Kier molecular flexibility index (Phi) is 4.55. The number of hydrogen-bond donors (Lipinski definition) is 1. The third kappa shape index (κ3) is 2.74. The van der Waals surface area contributed by atoms with Gasteiger partial charge < -0.3 is 10.5 Å². The van der Waals surface area contributed by atoms with E-state index in [1.807, 2.05) is 0 Å². The van der Waals surface area contributed by atoms with Crippen LogP contribution in [0.15, 0.2) is 16.6 Å². The van der Waals surface area contributed by atoms with Crippen molar-refractivity contribution >= 4 is 15.9 Å². The minimum Gasteiger partial charge on any atom is -0.496 e. The number of rotatable bonds is 4. The van der Waals surface area contributed by atoms with Crippen LogP contribution in [0.2, 0.25) is 0 Å². The van der Waals surface area contributed by atoms with Crippen molar-refractivity contribution in [2.24, 2.45) is 5.73 Å². The van der Waals surface area contributed by atoms with Crippen LogP contribution in [-0.4, -0.2) is 19.5 Å². The zero-order chi connectivity index (χ0) is 14.1. The summed E-state index contributed by atoms with van der Waals surface area (Å²) >= 11 is 2.76. The lowest BCUT2D eigenvalue weighted by atomic mass is 10.0. The number of nitrogens with two attached hydrogens (primary N) is 1. The Hall–Kier alpha value is -0.890. The molecule has 8 heteroatoms. The topological polar surface area (TPSA) is 35.2 Å². The van der Waals surface area contributed by atoms with Gasteiger partial charge in [0.25, 0.3) is 0 Å². The number of benzene rings is 1. The summed E-state index contributed by atoms with van der Waals surface area (Å²) in [5, 5.41) is 0. The Morgan fingerprint density at radius 2 is 1.89 bits per heavy atom. The number of hydrogen-bond acceptors (Lipinski definition) is 2. The summed E-state index contributed by atoms with van der Waals surface area (Å²) in [6.07, 6.45) is -3.93. The maximum atomic E-state index is 13.2. The van der Waals surface area contributed by atoms with Crippen LogP contribution < -0.4 is 10.5 Å². The zero-order valence-electron chi connectivity index (χ0n) is 9.06. The molecule has 1 rings (SSSR count). The van der Waals surface area contributed by atoms with Gasteiger partial charge in [0.15, 0.2) is 0 Å². The van der Waals surface area contributed by atoms with Gasteiger partial charge in [-0.05, 0) is 22.0 Å². The quantitative estimate of drug-likeness (QED) is 0.856. The largest absolute Gasteiger partial charge is 0.496 e. The molecule has 0 fully saturated rings. The number of halogens is 6. The summed E-state index contributed by atoms with van der Waals surface area (Å²) in [6, 6.07) is -0.611. The molecule has 0 aliphatic heterocycles. The van der Waals surface area contributed by atoms with Crippen molar-refractivity contribution in [3.05, 3.63) is 28.0 Å². The smallest absolute Gasteiger partial charge is 0.326 e. The Bertz CT molecular complexity index is 441. The summed E-state index contributed by atoms with van der Waals surface area (Å²) in [4.78, 5) is 0. The first-order chi connectivity index (χ1) is 8.21. The van der Waals surface area contributed by atoms with E-state index < -0.39 is 29.8 Å². The maximum Gasteiger partial charge on any atom is 0.326 e. The summed E-state index contributed by atoms with van der Waals surface area (Å²) in [5.41, 5.74) is 4.71. The monoisotopic (exact) mass is 333 g/mol. The van der Waals surface area contributed by atoms with E-state index in [-0.39, 0.29) is 10.2 Å². The van der Waals surface area contributed by atoms with Gasteiger partial charge in [-0.3, -0.25) is 0 Å². The Morgan fingerprint density at radius 3 is 2.33 bits per heavy atom. The lowest BCUT2D eigenvalue weighted by molar-refractivity contribution is -0.144. The standard InChI is InChI=1S/C10H9BrF5NO/c1-18-7-3-6(12)5(11)2-4(7)8(17)10(15,16)9(13)14/h2-3,8-9H,17H2,1H3. The molecule has 2 nitrogen and oxygen atoms in total. The Labute approximate surface area is 108 Å². The second kappa shape index (κ2) is 5.40. The Balaban J connectivity index is 3.28. The van der Waals surface area contributed by atoms with Crippen molar-refractivity contribution in [1.82, 2.24) is 0 Å². The van der Waals surface area contributed by atoms with E-state index in [0.717, 1.165) is 19.2 Å². The first-order valence-electron chi connectivity index (χ1n) is 4.66. The Morgan fingerprint density at radius 1 is 1.33 bits per heavy atom. The molecular formula is C10H9BrF5NO. The number of alkyl halides is 4. The predicted molar refractivity (Wildman–Crippen MR) is 58.5 cm³/mol. The third-order valence-electron chi connectivity index (χ3n) is 2.31. The van der Waals surface area contributed by atoms with Crippen molar-refractivity contribution in [2.75, 3.05) is 7.11 Å². The molecule has 0 aromatic heterocycles. The van der Waals surface area contributed by atoms with E-state index in [2.05, 4.69) is 20.7 Å². The lowest BCUT2D eigenvalue weighted by Gasteiger charge is -2.24. The van der Waals surface area contributed by atoms with Crippen molar-refractivity contribution in [3.63, 3.8) is 0 Å². The van der Waals surface area contributed by atoms with Crippen LogP contribution in [0.4, 0.5) is 22.0 Å². The molecule has 1 atom stereocenters. The molecule has 102 valence electrons. The van der Waals surface area contributed by atoms with Crippen LogP contribution in [-0.2, 0) is 0 Å². The van der Waals surface area contributed by atoms with Crippen molar-refractivity contribution < 1.29 is 26.7 Å². The van der Waals surface area contributed by atoms with Crippen molar-refractivity contribution in [3.8, 4) is 5.75 Å². The van der Waals surface area contributed by atoms with Gasteiger partial charge in [-0.1, -0.05) is 0 Å². The van der Waals surface area contributed by atoms with Gasteiger partial charge in [0.1, 0.15) is 17.6 Å². The molecule has 0 aliphatic carbocycles. The van der Waals surface area contributed by atoms with Gasteiger partial charge in [0.05, 0.1) is 11.6 Å². The van der Waals surface area contributed by atoms with Crippen LogP contribution >= 0.6 is 15.9 Å². The van der Waals surface area contributed by atoms with E-state index in [1.54, 1.807) is 0 Å². The molecule has 0 amide bonds. The van der Waals surface area contributed by atoms with Crippen LogP contribution in [0.3, 0.4) is 0 Å². The minimum absolute atomic E-state index is 0.168. The maximum absolute atomic E-state index is 13.2. The molecule has 0 bridgehead atoms. The van der Waals surface area contributed by atoms with Gasteiger partial charge in [0.2, 0.25) is 0 Å². The molecule has 1 unspecified atom stereocenters. The fraction of sp³-hybridized carbons (Fsp3) is 0.400. The lowest BCUT2D eigenvalue weighted by Crippen LogP contribution is -2.39. The van der Waals surface area contributed by atoms with Crippen LogP contribution in [0.5, 0.6) is 5.75 Å². The SMILES string of the molecule is COc1cc(F)c(Br)cc1C(N)C(F)(F)C(F)F. The first kappa shape index (κ1) is 15.2. The highest BCUT2D eigenvalue weighted by Gasteiger charge is 2.48. The van der Waals surface area contributed by atoms with Crippen LogP contribution in [0.25, 0.3) is 0 Å². The molecule has 0 saturated carbocycles. The molecule has 1 aromatic carbocycles. The molecule has 0 saturated heterocycles. The fourth-order valence-electron chi connectivity index (χ4n) is 1.31. The second-order valence-electron chi connectivity index (χ2n) is 3.46. The molecule has 0 heterocycles.